The molecule has 17 heavy (non-hydrogen) atoms. The van der Waals surface area contributed by atoms with Crippen molar-refractivity contribution in [2.75, 3.05) is 13.7 Å². The monoisotopic (exact) mass is 255 g/mol. The number of carbonyl (C=O) groups is 1. The summed E-state index contributed by atoms with van der Waals surface area (Å²) in [5, 5.41) is 0.952. The van der Waals surface area contributed by atoms with Gasteiger partial charge >= 0.3 is 5.97 Å². The molecule has 0 spiro atoms. The lowest BCUT2D eigenvalue weighted by Crippen LogP contribution is -2.20. The summed E-state index contributed by atoms with van der Waals surface area (Å²) in [6.45, 7) is 2.78. The van der Waals surface area contributed by atoms with E-state index in [1.165, 1.54) is 4.88 Å². The van der Waals surface area contributed by atoms with E-state index in [0.717, 1.165) is 30.0 Å². The second-order valence-corrected chi connectivity index (χ2v) is 5.21. The molecule has 4 nitrogen and oxygen atoms in total. The number of methoxy groups -OCH3 is 1. The molecule has 0 saturated carbocycles. The number of ether oxygens (including phenoxy) is 2. The molecule has 1 aromatic heterocycles. The Labute approximate surface area is 105 Å². The van der Waals surface area contributed by atoms with Gasteiger partial charge in [-0.25, -0.2) is 4.98 Å². The van der Waals surface area contributed by atoms with E-state index in [-0.39, 0.29) is 11.9 Å². The summed E-state index contributed by atoms with van der Waals surface area (Å²) in [7, 11) is 1.66. The zero-order valence-electron chi connectivity index (χ0n) is 10.2. The summed E-state index contributed by atoms with van der Waals surface area (Å²) in [5.74, 6) is -0.303. The Bertz CT molecular complexity index is 402. The van der Waals surface area contributed by atoms with Crippen LogP contribution in [0.5, 0.6) is 0 Å². The number of aryl methyl sites for hydroxylation is 1. The van der Waals surface area contributed by atoms with Crippen molar-refractivity contribution in [1.82, 2.24) is 4.98 Å². The van der Waals surface area contributed by atoms with Crippen LogP contribution in [-0.4, -0.2) is 24.7 Å². The number of carbonyl (C=O) groups excluding carboxylic acids is 1. The quantitative estimate of drug-likeness (QED) is 0.774. The molecule has 1 atom stereocenters. The fourth-order valence-corrected chi connectivity index (χ4v) is 3.27. The van der Waals surface area contributed by atoms with Gasteiger partial charge in [-0.1, -0.05) is 0 Å². The van der Waals surface area contributed by atoms with Gasteiger partial charge in [0, 0.05) is 12.0 Å². The molecule has 1 aliphatic carbocycles. The standard InChI is InChI=1S/C12H17NO3S/c1-3-16-12(14)8-5-4-6-9-11(8)13-10(17-9)7-15-2/h8H,3-7H2,1-2H3. The molecule has 0 N–H and O–H groups in total. The molecule has 2 rings (SSSR count). The first kappa shape index (κ1) is 12.5. The summed E-state index contributed by atoms with van der Waals surface area (Å²) in [6, 6.07) is 0. The van der Waals surface area contributed by atoms with Crippen LogP contribution in [-0.2, 0) is 27.3 Å². The van der Waals surface area contributed by atoms with Crippen molar-refractivity contribution < 1.29 is 14.3 Å². The second kappa shape index (κ2) is 5.60. The van der Waals surface area contributed by atoms with E-state index >= 15 is 0 Å². The van der Waals surface area contributed by atoms with Crippen molar-refractivity contribution in [2.45, 2.75) is 38.7 Å². The van der Waals surface area contributed by atoms with Crippen LogP contribution in [0.3, 0.4) is 0 Å². The van der Waals surface area contributed by atoms with Gasteiger partial charge in [-0.15, -0.1) is 11.3 Å². The van der Waals surface area contributed by atoms with E-state index in [4.69, 9.17) is 9.47 Å². The van der Waals surface area contributed by atoms with Gasteiger partial charge in [-0.05, 0) is 26.2 Å². The van der Waals surface area contributed by atoms with Gasteiger partial charge in [0.05, 0.1) is 18.9 Å². The highest BCUT2D eigenvalue weighted by molar-refractivity contribution is 7.11. The summed E-state index contributed by atoms with van der Waals surface area (Å²) < 4.78 is 10.2. The number of esters is 1. The molecule has 1 aromatic rings. The second-order valence-electron chi connectivity index (χ2n) is 4.05. The van der Waals surface area contributed by atoms with Crippen molar-refractivity contribution in [3.05, 3.63) is 15.6 Å². The van der Waals surface area contributed by atoms with Crippen LogP contribution in [0.15, 0.2) is 0 Å². The fraction of sp³-hybridized carbons (Fsp3) is 0.667. The third-order valence-electron chi connectivity index (χ3n) is 2.84. The molecule has 0 radical (unpaired) electrons. The lowest BCUT2D eigenvalue weighted by Gasteiger charge is -2.19. The van der Waals surface area contributed by atoms with Crippen LogP contribution in [0.25, 0.3) is 0 Å². The predicted molar refractivity (Wildman–Crippen MR) is 65.1 cm³/mol. The molecule has 1 unspecified atom stereocenters. The van der Waals surface area contributed by atoms with Gasteiger partial charge in [-0.3, -0.25) is 4.79 Å². The molecule has 0 aromatic carbocycles. The third kappa shape index (κ3) is 2.66. The van der Waals surface area contributed by atoms with Crippen LogP contribution < -0.4 is 0 Å². The topological polar surface area (TPSA) is 48.4 Å². The van der Waals surface area contributed by atoms with E-state index in [2.05, 4.69) is 4.98 Å². The predicted octanol–water partition coefficient (Wildman–Crippen LogP) is 2.27. The number of aromatic nitrogens is 1. The van der Waals surface area contributed by atoms with Gasteiger partial charge in [0.15, 0.2) is 0 Å². The van der Waals surface area contributed by atoms with Gasteiger partial charge in [0.1, 0.15) is 10.9 Å². The minimum Gasteiger partial charge on any atom is -0.465 e. The average Bonchev–Trinajstić information content (AvgIpc) is 2.71. The number of thiazole rings is 1. The Morgan fingerprint density at radius 3 is 3.12 bits per heavy atom. The highest BCUT2D eigenvalue weighted by Gasteiger charge is 2.31. The average molecular weight is 255 g/mol. The zero-order valence-corrected chi connectivity index (χ0v) is 11.0. The fourth-order valence-electron chi connectivity index (χ4n) is 2.13. The lowest BCUT2D eigenvalue weighted by molar-refractivity contribution is -0.145. The van der Waals surface area contributed by atoms with Crippen LogP contribution >= 0.6 is 11.3 Å². The molecular formula is C12H17NO3S. The van der Waals surface area contributed by atoms with Crippen molar-refractivity contribution in [2.24, 2.45) is 0 Å². The largest absolute Gasteiger partial charge is 0.465 e. The van der Waals surface area contributed by atoms with E-state index < -0.39 is 0 Å². The Hall–Kier alpha value is -0.940. The van der Waals surface area contributed by atoms with Gasteiger partial charge < -0.3 is 9.47 Å². The highest BCUT2D eigenvalue weighted by Crippen LogP contribution is 2.35. The molecule has 1 aliphatic rings. The van der Waals surface area contributed by atoms with Crippen molar-refractivity contribution in [1.29, 1.82) is 0 Å². The first-order valence-electron chi connectivity index (χ1n) is 5.90. The van der Waals surface area contributed by atoms with E-state index in [0.29, 0.717) is 13.2 Å². The molecule has 0 bridgehead atoms. The SMILES string of the molecule is CCOC(=O)C1CCCc2sc(COC)nc21. The minimum atomic E-state index is -0.166. The van der Waals surface area contributed by atoms with E-state index in [1.807, 2.05) is 6.92 Å². The minimum absolute atomic E-state index is 0.136. The van der Waals surface area contributed by atoms with Crippen molar-refractivity contribution in [3.8, 4) is 0 Å². The maximum atomic E-state index is 11.8. The maximum absolute atomic E-state index is 11.8. The summed E-state index contributed by atoms with van der Waals surface area (Å²) >= 11 is 1.66. The normalized spacial score (nSPS) is 18.8. The Kier molecular flexibility index (Phi) is 4.12. The van der Waals surface area contributed by atoms with E-state index in [9.17, 15) is 4.79 Å². The Morgan fingerprint density at radius 2 is 2.41 bits per heavy atom. The van der Waals surface area contributed by atoms with E-state index in [1.54, 1.807) is 18.4 Å². The van der Waals surface area contributed by atoms with Gasteiger partial charge in [0.2, 0.25) is 0 Å². The van der Waals surface area contributed by atoms with Gasteiger partial charge in [-0.2, -0.15) is 0 Å². The lowest BCUT2D eigenvalue weighted by atomic mass is 9.91. The number of nitrogens with zero attached hydrogens (tertiary/aromatic N) is 1. The molecule has 5 heteroatoms. The molecule has 1 heterocycles. The molecule has 94 valence electrons. The Morgan fingerprint density at radius 1 is 1.59 bits per heavy atom. The summed E-state index contributed by atoms with van der Waals surface area (Å²) in [5.41, 5.74) is 0.923. The maximum Gasteiger partial charge on any atom is 0.315 e. The molecule has 0 aliphatic heterocycles. The van der Waals surface area contributed by atoms with Crippen LogP contribution in [0.2, 0.25) is 0 Å². The van der Waals surface area contributed by atoms with Crippen LogP contribution in [0, 0.1) is 0 Å². The molecule has 0 saturated heterocycles. The van der Waals surface area contributed by atoms with Crippen LogP contribution in [0.1, 0.15) is 41.3 Å². The van der Waals surface area contributed by atoms with Gasteiger partial charge in [0.25, 0.3) is 0 Å². The van der Waals surface area contributed by atoms with Crippen molar-refractivity contribution in [3.63, 3.8) is 0 Å². The number of hydrogen-bond acceptors (Lipinski definition) is 5. The number of fused-ring (bicyclic) bond motifs is 1. The molecule has 0 fully saturated rings. The first-order valence-corrected chi connectivity index (χ1v) is 6.72. The number of rotatable bonds is 4. The van der Waals surface area contributed by atoms with Crippen molar-refractivity contribution >= 4 is 17.3 Å². The van der Waals surface area contributed by atoms with Crippen LogP contribution in [0.4, 0.5) is 0 Å². The Balaban J connectivity index is 2.21. The highest BCUT2D eigenvalue weighted by atomic mass is 32.1. The molecular weight excluding hydrogens is 238 g/mol. The third-order valence-corrected chi connectivity index (χ3v) is 3.94. The summed E-state index contributed by atoms with van der Waals surface area (Å²) in [4.78, 5) is 17.6. The first-order chi connectivity index (χ1) is 8.26. The number of hydrogen-bond donors (Lipinski definition) is 0. The summed E-state index contributed by atoms with van der Waals surface area (Å²) in [6.07, 6.45) is 2.90. The molecule has 0 amide bonds. The zero-order chi connectivity index (χ0) is 12.3. The smallest absolute Gasteiger partial charge is 0.315 e.